The Labute approximate surface area is 77.0 Å². The second-order valence-corrected chi connectivity index (χ2v) is 3.32. The van der Waals surface area contributed by atoms with E-state index in [0.29, 0.717) is 12.0 Å². The van der Waals surface area contributed by atoms with Crippen LogP contribution in [0.3, 0.4) is 0 Å². The van der Waals surface area contributed by atoms with Gasteiger partial charge in [-0.05, 0) is 31.5 Å². The summed E-state index contributed by atoms with van der Waals surface area (Å²) in [6.07, 6.45) is 2.22. The first kappa shape index (κ1) is 9.40. The lowest BCUT2D eigenvalue weighted by molar-refractivity contribution is 0.111. The van der Waals surface area contributed by atoms with Crippen LogP contribution in [0.15, 0.2) is 18.3 Å². The fourth-order valence-corrected chi connectivity index (χ4v) is 0.966. The van der Waals surface area contributed by atoms with Crippen LogP contribution in [0.25, 0.3) is 0 Å². The first-order valence-corrected chi connectivity index (χ1v) is 3.93. The second-order valence-electron chi connectivity index (χ2n) is 3.32. The average molecular weight is 174 g/mol. The van der Waals surface area contributed by atoms with Crippen molar-refractivity contribution < 1.29 is 4.79 Å². The van der Waals surface area contributed by atoms with Crippen molar-refractivity contribution in [2.75, 3.05) is 0 Å². The van der Waals surface area contributed by atoms with Gasteiger partial charge in [0, 0.05) is 6.20 Å². The van der Waals surface area contributed by atoms with E-state index in [2.05, 4.69) is 11.1 Å². The molecule has 1 aromatic rings. The highest BCUT2D eigenvalue weighted by Crippen LogP contribution is 2.21. The highest BCUT2D eigenvalue weighted by molar-refractivity contribution is 5.72. The first-order valence-electron chi connectivity index (χ1n) is 3.93. The third-order valence-electron chi connectivity index (χ3n) is 1.90. The van der Waals surface area contributed by atoms with Crippen LogP contribution in [-0.4, -0.2) is 11.3 Å². The van der Waals surface area contributed by atoms with Crippen LogP contribution >= 0.6 is 0 Å². The summed E-state index contributed by atoms with van der Waals surface area (Å²) in [6, 6.07) is 5.55. The van der Waals surface area contributed by atoms with Gasteiger partial charge in [0.15, 0.2) is 6.29 Å². The third-order valence-corrected chi connectivity index (χ3v) is 1.90. The fraction of sp³-hybridized carbons (Fsp3) is 0.300. The molecule has 0 saturated carbocycles. The Bertz CT molecular complexity index is 363. The Morgan fingerprint density at radius 1 is 1.62 bits per heavy atom. The zero-order chi connectivity index (χ0) is 9.90. The lowest BCUT2D eigenvalue weighted by Crippen LogP contribution is -2.14. The SMILES string of the molecule is CC(C)(C#N)c1ccnc(C=O)c1. The highest BCUT2D eigenvalue weighted by Gasteiger charge is 2.19. The number of nitrogens with zero attached hydrogens (tertiary/aromatic N) is 2. The molecule has 3 nitrogen and oxygen atoms in total. The Hall–Kier alpha value is -1.69. The molecule has 0 spiro atoms. The molecule has 1 heterocycles. The van der Waals surface area contributed by atoms with Crippen LogP contribution < -0.4 is 0 Å². The van der Waals surface area contributed by atoms with Crippen LogP contribution in [0, 0.1) is 11.3 Å². The largest absolute Gasteiger partial charge is 0.296 e. The number of aromatic nitrogens is 1. The normalized spacial score (nSPS) is 10.5. The standard InChI is InChI=1S/C10H10N2O/c1-10(2,7-11)8-3-4-12-9(5-8)6-13/h3-6H,1-2H3. The minimum atomic E-state index is -0.569. The molecule has 66 valence electrons. The van der Waals surface area contributed by atoms with Crippen LogP contribution in [0.2, 0.25) is 0 Å². The molecule has 0 aliphatic heterocycles. The van der Waals surface area contributed by atoms with E-state index in [-0.39, 0.29) is 0 Å². The number of carbonyl (C=O) groups is 1. The van der Waals surface area contributed by atoms with Crippen LogP contribution in [0.1, 0.15) is 29.9 Å². The van der Waals surface area contributed by atoms with Crippen molar-refractivity contribution in [3.8, 4) is 6.07 Å². The van der Waals surface area contributed by atoms with Crippen molar-refractivity contribution in [3.05, 3.63) is 29.6 Å². The van der Waals surface area contributed by atoms with Crippen molar-refractivity contribution in [1.82, 2.24) is 4.98 Å². The minimum absolute atomic E-state index is 0.362. The van der Waals surface area contributed by atoms with Gasteiger partial charge in [0.2, 0.25) is 0 Å². The Balaban J connectivity index is 3.17. The van der Waals surface area contributed by atoms with E-state index in [4.69, 9.17) is 5.26 Å². The monoisotopic (exact) mass is 174 g/mol. The lowest BCUT2D eigenvalue weighted by atomic mass is 9.87. The topological polar surface area (TPSA) is 53.8 Å². The molecule has 0 amide bonds. The molecule has 0 radical (unpaired) electrons. The maximum Gasteiger partial charge on any atom is 0.168 e. The van der Waals surface area contributed by atoms with Gasteiger partial charge < -0.3 is 0 Å². The number of pyridine rings is 1. The van der Waals surface area contributed by atoms with E-state index in [1.165, 1.54) is 6.20 Å². The van der Waals surface area contributed by atoms with Gasteiger partial charge in [-0.1, -0.05) is 0 Å². The summed E-state index contributed by atoms with van der Waals surface area (Å²) in [6.45, 7) is 3.60. The molecule has 0 aromatic carbocycles. The van der Waals surface area contributed by atoms with Crippen LogP contribution in [-0.2, 0) is 5.41 Å². The number of hydrogen-bond donors (Lipinski definition) is 0. The van der Waals surface area contributed by atoms with Crippen LogP contribution in [0.5, 0.6) is 0 Å². The quantitative estimate of drug-likeness (QED) is 0.641. The van der Waals surface area contributed by atoms with Gasteiger partial charge in [-0.15, -0.1) is 0 Å². The van der Waals surface area contributed by atoms with E-state index < -0.39 is 5.41 Å². The zero-order valence-electron chi connectivity index (χ0n) is 7.61. The Kier molecular flexibility index (Phi) is 2.43. The summed E-state index contributed by atoms with van der Waals surface area (Å²) in [5.74, 6) is 0. The maximum absolute atomic E-state index is 10.4. The predicted octanol–water partition coefficient (Wildman–Crippen LogP) is 1.70. The van der Waals surface area contributed by atoms with Crippen LogP contribution in [0.4, 0.5) is 0 Å². The molecule has 3 heteroatoms. The summed E-state index contributed by atoms with van der Waals surface area (Å²) in [7, 11) is 0. The van der Waals surface area contributed by atoms with E-state index >= 15 is 0 Å². The molecule has 1 aromatic heterocycles. The van der Waals surface area contributed by atoms with Gasteiger partial charge in [0.25, 0.3) is 0 Å². The number of hydrogen-bond acceptors (Lipinski definition) is 3. The smallest absolute Gasteiger partial charge is 0.168 e. The summed E-state index contributed by atoms with van der Waals surface area (Å²) >= 11 is 0. The van der Waals surface area contributed by atoms with Crippen molar-refractivity contribution in [2.45, 2.75) is 19.3 Å². The van der Waals surface area contributed by atoms with E-state index in [1.807, 2.05) is 0 Å². The third kappa shape index (κ3) is 1.91. The molecule has 0 aliphatic rings. The van der Waals surface area contributed by atoms with E-state index in [1.54, 1.807) is 26.0 Å². The molecule has 0 saturated heterocycles. The average Bonchev–Trinajstić information content (AvgIpc) is 2.18. The molecule has 0 aliphatic carbocycles. The fourth-order valence-electron chi connectivity index (χ4n) is 0.966. The Morgan fingerprint density at radius 3 is 2.85 bits per heavy atom. The van der Waals surface area contributed by atoms with Crippen molar-refractivity contribution in [1.29, 1.82) is 5.26 Å². The second kappa shape index (κ2) is 3.36. The number of carbonyl (C=O) groups excluding carboxylic acids is 1. The Morgan fingerprint density at radius 2 is 2.31 bits per heavy atom. The minimum Gasteiger partial charge on any atom is -0.296 e. The molecular weight excluding hydrogens is 164 g/mol. The lowest BCUT2D eigenvalue weighted by Gasteiger charge is -2.15. The molecule has 0 unspecified atom stereocenters. The summed E-state index contributed by atoms with van der Waals surface area (Å²) in [4.78, 5) is 14.3. The van der Waals surface area contributed by atoms with Gasteiger partial charge in [0.1, 0.15) is 5.69 Å². The molecule has 13 heavy (non-hydrogen) atoms. The molecular formula is C10H10N2O. The summed E-state index contributed by atoms with van der Waals surface area (Å²) < 4.78 is 0. The van der Waals surface area contributed by atoms with Gasteiger partial charge in [0.05, 0.1) is 11.5 Å². The van der Waals surface area contributed by atoms with Gasteiger partial charge >= 0.3 is 0 Å². The maximum atomic E-state index is 10.4. The molecule has 0 bridgehead atoms. The number of rotatable bonds is 2. The van der Waals surface area contributed by atoms with E-state index in [0.717, 1.165) is 5.56 Å². The molecule has 0 atom stereocenters. The highest BCUT2D eigenvalue weighted by atomic mass is 16.1. The predicted molar refractivity (Wildman–Crippen MR) is 48.3 cm³/mol. The number of nitriles is 1. The van der Waals surface area contributed by atoms with Crippen molar-refractivity contribution >= 4 is 6.29 Å². The molecule has 0 N–H and O–H groups in total. The first-order chi connectivity index (χ1) is 6.10. The van der Waals surface area contributed by atoms with Crippen molar-refractivity contribution in [3.63, 3.8) is 0 Å². The zero-order valence-corrected chi connectivity index (χ0v) is 7.61. The number of aldehydes is 1. The molecule has 0 fully saturated rings. The van der Waals surface area contributed by atoms with Gasteiger partial charge in [-0.25, -0.2) is 0 Å². The van der Waals surface area contributed by atoms with Crippen molar-refractivity contribution in [2.24, 2.45) is 0 Å². The summed E-state index contributed by atoms with van der Waals surface area (Å²) in [5.41, 5.74) is 0.605. The van der Waals surface area contributed by atoms with Gasteiger partial charge in [-0.3, -0.25) is 9.78 Å². The van der Waals surface area contributed by atoms with Gasteiger partial charge in [-0.2, -0.15) is 5.26 Å². The van der Waals surface area contributed by atoms with E-state index in [9.17, 15) is 4.79 Å². The molecule has 1 rings (SSSR count). The summed E-state index contributed by atoms with van der Waals surface area (Å²) in [5, 5.41) is 8.85.